The van der Waals surface area contributed by atoms with Crippen LogP contribution in [0, 0.1) is 12.7 Å². The van der Waals surface area contributed by atoms with Gasteiger partial charge in [-0.15, -0.1) is 0 Å². The monoisotopic (exact) mass is 377 g/mol. The smallest absolute Gasteiger partial charge is 0.274 e. The topological polar surface area (TPSA) is 71.1 Å². The third-order valence-electron chi connectivity index (χ3n) is 4.32. The Bertz CT molecular complexity index is 1030. The average Bonchev–Trinajstić information content (AvgIpc) is 2.69. The van der Waals surface area contributed by atoms with Gasteiger partial charge in [-0.05, 0) is 54.8 Å². The summed E-state index contributed by atoms with van der Waals surface area (Å²) in [5.74, 6) is -1.31. The predicted molar refractivity (Wildman–Crippen MR) is 107 cm³/mol. The number of halogens is 1. The maximum absolute atomic E-state index is 13.3. The summed E-state index contributed by atoms with van der Waals surface area (Å²) in [6.45, 7) is 3.95. The molecule has 0 bridgehead atoms. The lowest BCUT2D eigenvalue weighted by Gasteiger charge is -2.13. The second-order valence-corrected chi connectivity index (χ2v) is 6.31. The zero-order valence-corrected chi connectivity index (χ0v) is 15.6. The van der Waals surface area contributed by atoms with Crippen LogP contribution >= 0.6 is 0 Å². The molecule has 0 spiro atoms. The Morgan fingerprint density at radius 3 is 2.54 bits per heavy atom. The first-order valence-corrected chi connectivity index (χ1v) is 8.90. The quantitative estimate of drug-likeness (QED) is 0.683. The molecule has 0 aliphatic heterocycles. The maximum Gasteiger partial charge on any atom is 0.274 e. The first-order valence-electron chi connectivity index (χ1n) is 8.90. The maximum atomic E-state index is 13.3. The first kappa shape index (κ1) is 19.2. The van der Waals surface area contributed by atoms with E-state index in [1.165, 1.54) is 36.5 Å². The molecule has 0 unspecified atom stereocenters. The van der Waals surface area contributed by atoms with Crippen molar-refractivity contribution in [2.75, 3.05) is 10.6 Å². The Balaban J connectivity index is 1.79. The molecule has 6 heteroatoms. The van der Waals surface area contributed by atoms with Crippen LogP contribution in [-0.4, -0.2) is 16.8 Å². The van der Waals surface area contributed by atoms with Crippen molar-refractivity contribution in [3.63, 3.8) is 0 Å². The van der Waals surface area contributed by atoms with Crippen LogP contribution < -0.4 is 10.6 Å². The van der Waals surface area contributed by atoms with Crippen molar-refractivity contribution in [1.29, 1.82) is 0 Å². The van der Waals surface area contributed by atoms with Crippen molar-refractivity contribution in [2.24, 2.45) is 0 Å². The molecule has 0 aliphatic carbocycles. The lowest BCUT2D eigenvalue weighted by atomic mass is 10.1. The van der Waals surface area contributed by atoms with E-state index in [1.54, 1.807) is 6.07 Å². The van der Waals surface area contributed by atoms with Gasteiger partial charge in [0.1, 0.15) is 11.5 Å². The van der Waals surface area contributed by atoms with Gasteiger partial charge in [-0.25, -0.2) is 4.39 Å². The van der Waals surface area contributed by atoms with Crippen LogP contribution in [0.15, 0.2) is 60.8 Å². The summed E-state index contributed by atoms with van der Waals surface area (Å²) in [4.78, 5) is 29.1. The number of nitrogens with one attached hydrogen (secondary N) is 2. The Labute approximate surface area is 162 Å². The molecule has 3 rings (SSSR count). The molecular weight excluding hydrogens is 357 g/mol. The van der Waals surface area contributed by atoms with Crippen LogP contribution in [0.4, 0.5) is 15.8 Å². The fourth-order valence-corrected chi connectivity index (χ4v) is 2.85. The van der Waals surface area contributed by atoms with Gasteiger partial charge >= 0.3 is 0 Å². The number of para-hydroxylation sites is 1. The standard InChI is InChI=1S/C22H20FN3O2/c1-3-15-7-4-6-14(2)20(15)26-21(27)16-10-11-24-19(12-16)22(28)25-18-9-5-8-17(23)13-18/h4-13H,3H2,1-2H3,(H,25,28)(H,26,27). The van der Waals surface area contributed by atoms with Crippen LogP contribution in [0.5, 0.6) is 0 Å². The van der Waals surface area contributed by atoms with Crippen molar-refractivity contribution in [3.05, 3.63) is 89.0 Å². The van der Waals surface area contributed by atoms with E-state index in [2.05, 4.69) is 15.6 Å². The second kappa shape index (κ2) is 8.43. The normalized spacial score (nSPS) is 10.4. The van der Waals surface area contributed by atoms with E-state index in [4.69, 9.17) is 0 Å². The summed E-state index contributed by atoms with van der Waals surface area (Å²) in [5.41, 5.74) is 3.46. The van der Waals surface area contributed by atoms with Crippen molar-refractivity contribution in [1.82, 2.24) is 4.98 Å². The highest BCUT2D eigenvalue weighted by Gasteiger charge is 2.14. The molecule has 0 fully saturated rings. The molecule has 0 atom stereocenters. The molecule has 0 saturated heterocycles. The van der Waals surface area contributed by atoms with Crippen molar-refractivity contribution < 1.29 is 14.0 Å². The second-order valence-electron chi connectivity index (χ2n) is 6.31. The summed E-state index contributed by atoms with van der Waals surface area (Å²) in [6, 6.07) is 14.4. The Morgan fingerprint density at radius 2 is 1.79 bits per heavy atom. The first-order chi connectivity index (χ1) is 13.5. The largest absolute Gasteiger partial charge is 0.321 e. The summed E-state index contributed by atoms with van der Waals surface area (Å²) in [5, 5.41) is 5.49. The number of nitrogens with zero attached hydrogens (tertiary/aromatic N) is 1. The number of aryl methyl sites for hydroxylation is 2. The van der Waals surface area contributed by atoms with Crippen LogP contribution in [-0.2, 0) is 6.42 Å². The van der Waals surface area contributed by atoms with Crippen LogP contribution in [0.1, 0.15) is 38.9 Å². The van der Waals surface area contributed by atoms with Crippen LogP contribution in [0.2, 0.25) is 0 Å². The van der Waals surface area contributed by atoms with Gasteiger partial charge in [-0.2, -0.15) is 0 Å². The number of hydrogen-bond donors (Lipinski definition) is 2. The molecule has 0 aliphatic rings. The van der Waals surface area contributed by atoms with E-state index in [-0.39, 0.29) is 11.6 Å². The van der Waals surface area contributed by atoms with Gasteiger partial charge in [0.2, 0.25) is 0 Å². The number of aromatic nitrogens is 1. The SMILES string of the molecule is CCc1cccc(C)c1NC(=O)c1ccnc(C(=O)Nc2cccc(F)c2)c1. The third-order valence-corrected chi connectivity index (χ3v) is 4.32. The number of rotatable bonds is 5. The molecular formula is C22H20FN3O2. The zero-order valence-electron chi connectivity index (χ0n) is 15.6. The minimum absolute atomic E-state index is 0.0670. The van der Waals surface area contributed by atoms with Gasteiger partial charge in [0.15, 0.2) is 0 Å². The lowest BCUT2D eigenvalue weighted by molar-refractivity contribution is 0.102. The number of carbonyl (C=O) groups is 2. The van der Waals surface area contributed by atoms with Gasteiger partial charge < -0.3 is 10.6 Å². The molecule has 3 aromatic rings. The van der Waals surface area contributed by atoms with E-state index in [1.807, 2.05) is 32.0 Å². The number of amides is 2. The third kappa shape index (κ3) is 4.40. The van der Waals surface area contributed by atoms with Gasteiger partial charge in [-0.3, -0.25) is 14.6 Å². The molecule has 1 heterocycles. The van der Waals surface area contributed by atoms with E-state index in [0.29, 0.717) is 11.3 Å². The van der Waals surface area contributed by atoms with E-state index < -0.39 is 11.7 Å². The van der Waals surface area contributed by atoms with Gasteiger partial charge in [0, 0.05) is 23.1 Å². The molecule has 2 aromatic carbocycles. The number of pyridine rings is 1. The van der Waals surface area contributed by atoms with Crippen molar-refractivity contribution >= 4 is 23.2 Å². The fourth-order valence-electron chi connectivity index (χ4n) is 2.85. The highest BCUT2D eigenvalue weighted by atomic mass is 19.1. The molecule has 5 nitrogen and oxygen atoms in total. The number of hydrogen-bond acceptors (Lipinski definition) is 3. The van der Waals surface area contributed by atoms with E-state index in [0.717, 1.165) is 23.2 Å². The minimum Gasteiger partial charge on any atom is -0.321 e. The molecule has 2 N–H and O–H groups in total. The van der Waals surface area contributed by atoms with Crippen molar-refractivity contribution in [3.8, 4) is 0 Å². The average molecular weight is 377 g/mol. The predicted octanol–water partition coefficient (Wildman–Crippen LogP) is 4.60. The lowest BCUT2D eigenvalue weighted by Crippen LogP contribution is -2.18. The Hall–Kier alpha value is -3.54. The van der Waals surface area contributed by atoms with Gasteiger partial charge in [0.05, 0.1) is 0 Å². The summed E-state index contributed by atoms with van der Waals surface area (Å²) >= 11 is 0. The van der Waals surface area contributed by atoms with Gasteiger partial charge in [-0.1, -0.05) is 31.2 Å². The number of benzene rings is 2. The molecule has 28 heavy (non-hydrogen) atoms. The summed E-state index contributed by atoms with van der Waals surface area (Å²) in [6.07, 6.45) is 2.18. The molecule has 1 aromatic heterocycles. The van der Waals surface area contributed by atoms with Crippen LogP contribution in [0.25, 0.3) is 0 Å². The number of carbonyl (C=O) groups excluding carboxylic acids is 2. The highest BCUT2D eigenvalue weighted by Crippen LogP contribution is 2.22. The van der Waals surface area contributed by atoms with Gasteiger partial charge in [0.25, 0.3) is 11.8 Å². The summed E-state index contributed by atoms with van der Waals surface area (Å²) in [7, 11) is 0. The van der Waals surface area contributed by atoms with Crippen molar-refractivity contribution in [2.45, 2.75) is 20.3 Å². The molecule has 2 amide bonds. The minimum atomic E-state index is -0.523. The summed E-state index contributed by atoms with van der Waals surface area (Å²) < 4.78 is 13.3. The Kier molecular flexibility index (Phi) is 5.79. The molecule has 142 valence electrons. The van der Waals surface area contributed by atoms with E-state index >= 15 is 0 Å². The molecule has 0 saturated carbocycles. The van der Waals surface area contributed by atoms with E-state index in [9.17, 15) is 14.0 Å². The fraction of sp³-hybridized carbons (Fsp3) is 0.136. The zero-order chi connectivity index (χ0) is 20.1. The number of anilines is 2. The highest BCUT2D eigenvalue weighted by molar-refractivity contribution is 6.08. The molecule has 0 radical (unpaired) electrons. The Morgan fingerprint density at radius 1 is 1.00 bits per heavy atom. The van der Waals surface area contributed by atoms with Crippen LogP contribution in [0.3, 0.4) is 0 Å².